The summed E-state index contributed by atoms with van der Waals surface area (Å²) < 4.78 is 16.6. The molecule has 0 bridgehead atoms. The monoisotopic (exact) mass is 336 g/mol. The second-order valence-electron chi connectivity index (χ2n) is 5.40. The van der Waals surface area contributed by atoms with Crippen LogP contribution in [0.1, 0.15) is 0 Å². The van der Waals surface area contributed by atoms with Gasteiger partial charge in [0.15, 0.2) is 0 Å². The molecule has 6 heteroatoms. The van der Waals surface area contributed by atoms with E-state index in [-0.39, 0.29) is 0 Å². The lowest BCUT2D eigenvalue weighted by Crippen LogP contribution is -2.38. The predicted octanol–water partition coefficient (Wildman–Crippen LogP) is 2.62. The first kappa shape index (κ1) is 16.5. The molecule has 1 aromatic heterocycles. The average molecular weight is 337 g/mol. The van der Waals surface area contributed by atoms with Gasteiger partial charge in [0.25, 0.3) is 0 Å². The van der Waals surface area contributed by atoms with Crippen molar-refractivity contribution in [2.75, 3.05) is 52.7 Å². The molecule has 0 radical (unpaired) electrons. The van der Waals surface area contributed by atoms with Crippen molar-refractivity contribution in [2.24, 2.45) is 0 Å². The molecule has 2 aromatic rings. The van der Waals surface area contributed by atoms with Gasteiger partial charge in [-0.3, -0.25) is 4.90 Å². The highest BCUT2D eigenvalue weighted by atomic mass is 35.5. The molecule has 0 atom stereocenters. The van der Waals surface area contributed by atoms with Crippen molar-refractivity contribution >= 4 is 22.5 Å². The summed E-state index contributed by atoms with van der Waals surface area (Å²) in [5.74, 6) is 0.782. The largest absolute Gasteiger partial charge is 0.491 e. The smallest absolute Gasteiger partial charge is 0.129 e. The molecule has 23 heavy (non-hydrogen) atoms. The number of morpholine rings is 1. The molecule has 0 spiro atoms. The molecule has 0 unspecified atom stereocenters. The number of halogens is 1. The Balaban J connectivity index is 1.37. The number of nitrogens with zero attached hydrogens (tertiary/aromatic N) is 2. The predicted molar refractivity (Wildman–Crippen MR) is 90.3 cm³/mol. The zero-order valence-corrected chi connectivity index (χ0v) is 13.8. The van der Waals surface area contributed by atoms with E-state index in [2.05, 4.69) is 9.88 Å². The van der Waals surface area contributed by atoms with Gasteiger partial charge in [-0.2, -0.15) is 0 Å². The number of pyridine rings is 1. The lowest BCUT2D eigenvalue weighted by molar-refractivity contribution is 0.0170. The van der Waals surface area contributed by atoms with Gasteiger partial charge in [0, 0.05) is 31.1 Å². The van der Waals surface area contributed by atoms with Gasteiger partial charge in [-0.25, -0.2) is 4.98 Å². The van der Waals surface area contributed by atoms with E-state index in [0.717, 1.165) is 56.1 Å². The third-order valence-electron chi connectivity index (χ3n) is 3.78. The highest BCUT2D eigenvalue weighted by molar-refractivity contribution is 6.29. The van der Waals surface area contributed by atoms with Crippen molar-refractivity contribution in [3.63, 3.8) is 0 Å². The Hall–Kier alpha value is -1.40. The van der Waals surface area contributed by atoms with E-state index in [9.17, 15) is 0 Å². The van der Waals surface area contributed by atoms with Crippen LogP contribution in [0, 0.1) is 0 Å². The van der Waals surface area contributed by atoms with Crippen LogP contribution in [0.2, 0.25) is 5.15 Å². The first-order valence-electron chi connectivity index (χ1n) is 7.88. The highest BCUT2D eigenvalue weighted by Crippen LogP contribution is 2.21. The molecule has 1 aromatic carbocycles. The second-order valence-corrected chi connectivity index (χ2v) is 5.79. The fraction of sp³-hybridized carbons (Fsp3) is 0.471. The van der Waals surface area contributed by atoms with Crippen molar-refractivity contribution < 1.29 is 14.2 Å². The molecular formula is C17H21ClN2O3. The van der Waals surface area contributed by atoms with Crippen molar-refractivity contribution in [1.29, 1.82) is 0 Å². The van der Waals surface area contributed by atoms with Crippen LogP contribution >= 0.6 is 11.6 Å². The molecule has 1 aliphatic heterocycles. The Morgan fingerprint density at radius 2 is 1.91 bits per heavy atom. The van der Waals surface area contributed by atoms with E-state index in [1.165, 1.54) is 0 Å². The van der Waals surface area contributed by atoms with Crippen molar-refractivity contribution in [3.8, 4) is 5.75 Å². The summed E-state index contributed by atoms with van der Waals surface area (Å²) in [6.07, 6.45) is 0. The maximum Gasteiger partial charge on any atom is 0.129 e. The first-order chi connectivity index (χ1) is 11.3. The summed E-state index contributed by atoms with van der Waals surface area (Å²) in [5.41, 5.74) is 0.836. The topological polar surface area (TPSA) is 43.8 Å². The molecule has 0 amide bonds. The van der Waals surface area contributed by atoms with Crippen LogP contribution in [0.4, 0.5) is 0 Å². The number of hydrogen-bond donors (Lipinski definition) is 0. The summed E-state index contributed by atoms with van der Waals surface area (Å²) in [4.78, 5) is 6.63. The summed E-state index contributed by atoms with van der Waals surface area (Å²) in [6, 6.07) is 9.55. The fourth-order valence-corrected chi connectivity index (χ4v) is 2.65. The number of benzene rings is 1. The summed E-state index contributed by atoms with van der Waals surface area (Å²) in [5, 5.41) is 1.53. The maximum atomic E-state index is 5.91. The molecule has 124 valence electrons. The third kappa shape index (κ3) is 5.04. The van der Waals surface area contributed by atoms with Gasteiger partial charge in [0.1, 0.15) is 17.5 Å². The van der Waals surface area contributed by atoms with Gasteiger partial charge in [-0.05, 0) is 24.3 Å². The highest BCUT2D eigenvalue weighted by Gasteiger charge is 2.09. The molecule has 1 saturated heterocycles. The summed E-state index contributed by atoms with van der Waals surface area (Å²) >= 11 is 5.91. The minimum absolute atomic E-state index is 0.487. The van der Waals surface area contributed by atoms with Crippen LogP contribution in [0.25, 0.3) is 10.9 Å². The lowest BCUT2D eigenvalue weighted by Gasteiger charge is -2.26. The van der Waals surface area contributed by atoms with Gasteiger partial charge in [0.05, 0.1) is 31.9 Å². The standard InChI is InChI=1S/C17H21ClN2O3/c18-17-4-2-14-1-3-15(13-16(14)19-17)23-12-11-22-10-7-20-5-8-21-9-6-20/h1-4,13H,5-12H2. The van der Waals surface area contributed by atoms with Crippen LogP contribution < -0.4 is 4.74 Å². The Morgan fingerprint density at radius 1 is 1.09 bits per heavy atom. The van der Waals surface area contributed by atoms with Crippen LogP contribution in [0.5, 0.6) is 5.75 Å². The Labute approximate surface area is 141 Å². The zero-order chi connectivity index (χ0) is 15.9. The van der Waals surface area contributed by atoms with Gasteiger partial charge >= 0.3 is 0 Å². The number of hydrogen-bond acceptors (Lipinski definition) is 5. The second kappa shape index (κ2) is 8.45. The number of rotatable bonds is 7. The van der Waals surface area contributed by atoms with Gasteiger partial charge in [-0.15, -0.1) is 0 Å². The Bertz CT molecular complexity index is 632. The minimum Gasteiger partial charge on any atom is -0.491 e. The third-order valence-corrected chi connectivity index (χ3v) is 3.99. The van der Waals surface area contributed by atoms with Crippen LogP contribution in [0.3, 0.4) is 0 Å². The van der Waals surface area contributed by atoms with Crippen molar-refractivity contribution in [1.82, 2.24) is 9.88 Å². The molecular weight excluding hydrogens is 316 g/mol. The zero-order valence-electron chi connectivity index (χ0n) is 13.0. The molecule has 0 saturated carbocycles. The minimum atomic E-state index is 0.487. The fourth-order valence-electron chi connectivity index (χ4n) is 2.50. The van der Waals surface area contributed by atoms with E-state index >= 15 is 0 Å². The lowest BCUT2D eigenvalue weighted by atomic mass is 10.2. The van der Waals surface area contributed by atoms with E-state index in [1.54, 1.807) is 6.07 Å². The van der Waals surface area contributed by atoms with E-state index in [1.807, 2.05) is 24.3 Å². The van der Waals surface area contributed by atoms with E-state index in [0.29, 0.717) is 18.4 Å². The summed E-state index contributed by atoms with van der Waals surface area (Å²) in [6.45, 7) is 6.39. The van der Waals surface area contributed by atoms with Crippen LogP contribution in [0.15, 0.2) is 30.3 Å². The molecule has 0 aliphatic carbocycles. The first-order valence-corrected chi connectivity index (χ1v) is 8.26. The molecule has 5 nitrogen and oxygen atoms in total. The molecule has 3 rings (SSSR count). The van der Waals surface area contributed by atoms with Crippen LogP contribution in [-0.2, 0) is 9.47 Å². The number of fused-ring (bicyclic) bond motifs is 1. The SMILES string of the molecule is Clc1ccc2ccc(OCCOCCN3CCOCC3)cc2n1. The molecule has 0 N–H and O–H groups in total. The quantitative estimate of drug-likeness (QED) is 0.574. The number of ether oxygens (including phenoxy) is 3. The van der Waals surface area contributed by atoms with Crippen LogP contribution in [-0.4, -0.2) is 62.6 Å². The van der Waals surface area contributed by atoms with E-state index in [4.69, 9.17) is 25.8 Å². The normalized spacial score (nSPS) is 15.9. The molecule has 1 aliphatic rings. The number of aromatic nitrogens is 1. The Morgan fingerprint density at radius 3 is 2.78 bits per heavy atom. The van der Waals surface area contributed by atoms with Crippen molar-refractivity contribution in [2.45, 2.75) is 0 Å². The van der Waals surface area contributed by atoms with Gasteiger partial charge in [-0.1, -0.05) is 11.6 Å². The Kier molecular flexibility index (Phi) is 6.05. The van der Waals surface area contributed by atoms with E-state index < -0.39 is 0 Å². The van der Waals surface area contributed by atoms with Gasteiger partial charge in [0.2, 0.25) is 0 Å². The average Bonchev–Trinajstić information content (AvgIpc) is 2.58. The molecule has 1 fully saturated rings. The summed E-state index contributed by atoms with van der Waals surface area (Å²) in [7, 11) is 0. The molecule has 2 heterocycles. The van der Waals surface area contributed by atoms with Gasteiger partial charge < -0.3 is 14.2 Å². The van der Waals surface area contributed by atoms with Crippen molar-refractivity contribution in [3.05, 3.63) is 35.5 Å². The maximum absolute atomic E-state index is 5.91.